The van der Waals surface area contributed by atoms with Gasteiger partial charge in [-0.25, -0.2) is 10.0 Å². The summed E-state index contributed by atoms with van der Waals surface area (Å²) in [5.41, 5.74) is 1.54. The standard InChI is InChI=1S/C12H18S/c1-13(9-5-6-10-13)11-12-7-3-2-4-8-12/h2-4,7-8H,5-6,9-11H2,1H3. The van der Waals surface area contributed by atoms with Gasteiger partial charge in [-0.2, -0.15) is 0 Å². The van der Waals surface area contributed by atoms with Crippen LogP contribution in [0.2, 0.25) is 0 Å². The topological polar surface area (TPSA) is 0 Å². The second-order valence-electron chi connectivity index (χ2n) is 4.22. The molecule has 0 unspecified atom stereocenters. The van der Waals surface area contributed by atoms with Gasteiger partial charge in [-0.3, -0.25) is 0 Å². The van der Waals surface area contributed by atoms with Crippen LogP contribution >= 0.6 is 10.0 Å². The van der Waals surface area contributed by atoms with Gasteiger partial charge in [0.1, 0.15) is 0 Å². The first kappa shape index (κ1) is 9.14. The van der Waals surface area contributed by atoms with Crippen molar-refractivity contribution in [1.82, 2.24) is 0 Å². The van der Waals surface area contributed by atoms with Crippen LogP contribution in [0.3, 0.4) is 0 Å². The van der Waals surface area contributed by atoms with E-state index in [0.717, 1.165) is 0 Å². The van der Waals surface area contributed by atoms with E-state index in [1.807, 2.05) is 0 Å². The smallest absolute Gasteiger partial charge is 0.00227 e. The Morgan fingerprint density at radius 2 is 1.69 bits per heavy atom. The third kappa shape index (κ3) is 2.28. The van der Waals surface area contributed by atoms with E-state index >= 15 is 0 Å². The lowest BCUT2D eigenvalue weighted by molar-refractivity contribution is 0.949. The summed E-state index contributed by atoms with van der Waals surface area (Å²) in [5, 5.41) is 0. The van der Waals surface area contributed by atoms with E-state index in [1.54, 1.807) is 5.56 Å². The van der Waals surface area contributed by atoms with Crippen molar-refractivity contribution in [3.05, 3.63) is 35.9 Å². The largest absolute Gasteiger partial charge is 0.240 e. The van der Waals surface area contributed by atoms with Gasteiger partial charge in [-0.15, -0.1) is 0 Å². The Kier molecular flexibility index (Phi) is 2.63. The molecule has 1 saturated heterocycles. The highest BCUT2D eigenvalue weighted by Crippen LogP contribution is 2.52. The van der Waals surface area contributed by atoms with Gasteiger partial charge in [-0.05, 0) is 36.2 Å². The minimum absolute atomic E-state index is 0.257. The van der Waals surface area contributed by atoms with E-state index in [9.17, 15) is 0 Å². The zero-order chi connectivity index (χ0) is 9.15. The van der Waals surface area contributed by atoms with Crippen LogP contribution in [0.15, 0.2) is 30.3 Å². The average Bonchev–Trinajstić information content (AvgIpc) is 2.54. The zero-order valence-electron chi connectivity index (χ0n) is 8.33. The summed E-state index contributed by atoms with van der Waals surface area (Å²) in [6, 6.07) is 11.0. The van der Waals surface area contributed by atoms with Crippen molar-refractivity contribution in [2.75, 3.05) is 17.8 Å². The van der Waals surface area contributed by atoms with Gasteiger partial charge >= 0.3 is 0 Å². The Morgan fingerprint density at radius 1 is 1.08 bits per heavy atom. The summed E-state index contributed by atoms with van der Waals surface area (Å²) in [6.07, 6.45) is 5.46. The lowest BCUT2D eigenvalue weighted by Gasteiger charge is -2.30. The molecule has 0 nitrogen and oxygen atoms in total. The SMILES string of the molecule is CS1(Cc2ccccc2)CCCC1. The molecule has 1 aliphatic heterocycles. The zero-order valence-corrected chi connectivity index (χ0v) is 9.15. The summed E-state index contributed by atoms with van der Waals surface area (Å²) < 4.78 is 0. The van der Waals surface area contributed by atoms with Crippen molar-refractivity contribution in [3.63, 3.8) is 0 Å². The number of benzene rings is 1. The summed E-state index contributed by atoms with van der Waals surface area (Å²) in [5.74, 6) is 4.36. The predicted molar refractivity (Wildman–Crippen MR) is 62.6 cm³/mol. The Bertz CT molecular complexity index is 260. The van der Waals surface area contributed by atoms with Crippen LogP contribution in [-0.4, -0.2) is 17.8 Å². The van der Waals surface area contributed by atoms with Gasteiger partial charge < -0.3 is 0 Å². The molecule has 0 saturated carbocycles. The molecule has 1 fully saturated rings. The molecule has 0 bridgehead atoms. The van der Waals surface area contributed by atoms with Gasteiger partial charge in [0.25, 0.3) is 0 Å². The molecule has 1 heteroatoms. The minimum Gasteiger partial charge on any atom is -0.240 e. The number of hydrogen-bond acceptors (Lipinski definition) is 0. The Balaban J connectivity index is 2.05. The van der Waals surface area contributed by atoms with Crippen molar-refractivity contribution in [3.8, 4) is 0 Å². The lowest BCUT2D eigenvalue weighted by Crippen LogP contribution is -2.02. The molecule has 1 aliphatic rings. The highest BCUT2D eigenvalue weighted by atomic mass is 32.3. The molecule has 0 radical (unpaired) electrons. The van der Waals surface area contributed by atoms with E-state index in [1.165, 1.54) is 30.1 Å². The number of hydrogen-bond donors (Lipinski definition) is 0. The van der Waals surface area contributed by atoms with Gasteiger partial charge in [-0.1, -0.05) is 30.3 Å². The van der Waals surface area contributed by atoms with Crippen LogP contribution in [0.1, 0.15) is 18.4 Å². The fraction of sp³-hybridized carbons (Fsp3) is 0.500. The molecule has 72 valence electrons. The third-order valence-corrected chi connectivity index (χ3v) is 6.46. The lowest BCUT2D eigenvalue weighted by atomic mass is 10.2. The molecule has 0 N–H and O–H groups in total. The minimum atomic E-state index is -0.257. The summed E-state index contributed by atoms with van der Waals surface area (Å²) in [4.78, 5) is 0. The van der Waals surface area contributed by atoms with Crippen LogP contribution in [0, 0.1) is 0 Å². The molecule has 0 amide bonds. The monoisotopic (exact) mass is 194 g/mol. The fourth-order valence-electron chi connectivity index (χ4n) is 2.12. The van der Waals surface area contributed by atoms with Crippen LogP contribution < -0.4 is 0 Å². The molecule has 0 aromatic heterocycles. The first-order valence-corrected chi connectivity index (χ1v) is 7.59. The van der Waals surface area contributed by atoms with E-state index in [0.29, 0.717) is 0 Å². The maximum absolute atomic E-state index is 2.52. The van der Waals surface area contributed by atoms with Gasteiger partial charge in [0.2, 0.25) is 0 Å². The van der Waals surface area contributed by atoms with Crippen LogP contribution in [0.4, 0.5) is 0 Å². The van der Waals surface area contributed by atoms with Crippen molar-refractivity contribution in [1.29, 1.82) is 0 Å². The van der Waals surface area contributed by atoms with Crippen molar-refractivity contribution >= 4 is 10.0 Å². The van der Waals surface area contributed by atoms with E-state index in [2.05, 4.69) is 36.6 Å². The van der Waals surface area contributed by atoms with E-state index in [-0.39, 0.29) is 10.0 Å². The number of rotatable bonds is 2. The van der Waals surface area contributed by atoms with Crippen molar-refractivity contribution in [2.45, 2.75) is 18.6 Å². The van der Waals surface area contributed by atoms with Gasteiger partial charge in [0.05, 0.1) is 0 Å². The van der Waals surface area contributed by atoms with Gasteiger partial charge in [0, 0.05) is 5.75 Å². The molecule has 13 heavy (non-hydrogen) atoms. The maximum Gasteiger partial charge on any atom is 0.00227 e. The second kappa shape index (κ2) is 3.75. The molecule has 1 heterocycles. The Hall–Kier alpha value is -0.430. The molecular formula is C12H18S. The molecule has 0 spiro atoms. The van der Waals surface area contributed by atoms with Crippen LogP contribution in [0.25, 0.3) is 0 Å². The van der Waals surface area contributed by atoms with Crippen LogP contribution in [-0.2, 0) is 5.75 Å². The first-order valence-electron chi connectivity index (χ1n) is 5.04. The molecule has 1 aromatic rings. The quantitative estimate of drug-likeness (QED) is 0.677. The fourth-order valence-corrected chi connectivity index (χ4v) is 5.42. The molecular weight excluding hydrogens is 176 g/mol. The second-order valence-corrected chi connectivity index (χ2v) is 8.29. The van der Waals surface area contributed by atoms with E-state index in [4.69, 9.17) is 0 Å². The average molecular weight is 194 g/mol. The predicted octanol–water partition coefficient (Wildman–Crippen LogP) is 3.41. The molecule has 0 aliphatic carbocycles. The summed E-state index contributed by atoms with van der Waals surface area (Å²) in [6.45, 7) is 0. The Labute approximate surface area is 82.7 Å². The normalized spacial score (nSPS) is 22.8. The summed E-state index contributed by atoms with van der Waals surface area (Å²) >= 11 is 0. The summed E-state index contributed by atoms with van der Waals surface area (Å²) in [7, 11) is -0.257. The molecule has 1 aromatic carbocycles. The molecule has 2 rings (SSSR count). The van der Waals surface area contributed by atoms with Crippen LogP contribution in [0.5, 0.6) is 0 Å². The van der Waals surface area contributed by atoms with Crippen molar-refractivity contribution in [2.24, 2.45) is 0 Å². The van der Waals surface area contributed by atoms with E-state index < -0.39 is 0 Å². The Morgan fingerprint density at radius 3 is 2.31 bits per heavy atom. The first-order chi connectivity index (χ1) is 6.29. The maximum atomic E-state index is 2.52. The highest BCUT2D eigenvalue weighted by Gasteiger charge is 2.22. The van der Waals surface area contributed by atoms with Crippen molar-refractivity contribution < 1.29 is 0 Å². The molecule has 0 atom stereocenters. The highest BCUT2D eigenvalue weighted by molar-refractivity contribution is 8.32. The third-order valence-electron chi connectivity index (χ3n) is 2.88. The van der Waals surface area contributed by atoms with Gasteiger partial charge in [0.15, 0.2) is 0 Å².